The molecule has 1 saturated heterocycles. The highest BCUT2D eigenvalue weighted by Gasteiger charge is 2.32. The summed E-state index contributed by atoms with van der Waals surface area (Å²) in [4.78, 5) is 34.3. The number of amides is 2. The fourth-order valence-electron chi connectivity index (χ4n) is 4.46. The molecule has 0 radical (unpaired) electrons. The first-order chi connectivity index (χ1) is 15.2. The van der Waals surface area contributed by atoms with E-state index in [-0.39, 0.29) is 17.9 Å². The van der Waals surface area contributed by atoms with Gasteiger partial charge in [0.1, 0.15) is 0 Å². The number of hydrogen-bond donors (Lipinski definition) is 1. The molecule has 2 aliphatic heterocycles. The first-order valence-corrected chi connectivity index (χ1v) is 11.5. The Morgan fingerprint density at radius 3 is 2.74 bits per heavy atom. The van der Waals surface area contributed by atoms with Gasteiger partial charge < -0.3 is 4.90 Å². The molecule has 158 valence electrons. The number of para-hydroxylation sites is 1. The van der Waals surface area contributed by atoms with Gasteiger partial charge in [-0.3, -0.25) is 19.8 Å². The molecule has 7 heteroatoms. The normalized spacial score (nSPS) is 18.2. The molecule has 6 nitrogen and oxygen atoms in total. The van der Waals surface area contributed by atoms with Crippen LogP contribution in [0.1, 0.15) is 40.5 Å². The number of carbonyl (C=O) groups is 2. The van der Waals surface area contributed by atoms with Gasteiger partial charge >= 0.3 is 0 Å². The van der Waals surface area contributed by atoms with E-state index in [0.717, 1.165) is 43.7 Å². The van der Waals surface area contributed by atoms with Crippen molar-refractivity contribution in [3.05, 3.63) is 76.8 Å². The predicted molar refractivity (Wildman–Crippen MR) is 123 cm³/mol. The predicted octanol–water partition coefficient (Wildman–Crippen LogP) is 4.12. The van der Waals surface area contributed by atoms with Gasteiger partial charge in [-0.15, -0.1) is 11.3 Å². The maximum Gasteiger partial charge on any atom is 0.257 e. The summed E-state index contributed by atoms with van der Waals surface area (Å²) in [6.45, 7) is 2.03. The monoisotopic (exact) mass is 432 g/mol. The zero-order chi connectivity index (χ0) is 21.2. The van der Waals surface area contributed by atoms with Gasteiger partial charge in [-0.05, 0) is 49.6 Å². The second-order valence-electron chi connectivity index (χ2n) is 7.95. The molecule has 1 N–H and O–H groups in total. The average molecular weight is 433 g/mol. The molecule has 31 heavy (non-hydrogen) atoms. The van der Waals surface area contributed by atoms with Crippen LogP contribution in [-0.2, 0) is 11.2 Å². The molecule has 5 rings (SSSR count). The first-order valence-electron chi connectivity index (χ1n) is 10.6. The zero-order valence-electron chi connectivity index (χ0n) is 17.2. The lowest BCUT2D eigenvalue weighted by Gasteiger charge is -2.25. The number of aromatic nitrogens is 1. The maximum atomic E-state index is 13.1. The third kappa shape index (κ3) is 4.11. The Kier molecular flexibility index (Phi) is 5.53. The number of carbonyl (C=O) groups excluding carboxylic acids is 2. The minimum Gasteiger partial charge on any atom is -0.311 e. The number of thiazole rings is 1. The molecule has 0 aliphatic carbocycles. The number of nitrogens with zero attached hydrogens (tertiary/aromatic N) is 3. The molecular formula is C24H24N4O2S. The molecule has 1 atom stereocenters. The van der Waals surface area contributed by atoms with Crippen molar-refractivity contribution in [3.8, 4) is 0 Å². The number of rotatable bonds is 5. The van der Waals surface area contributed by atoms with Crippen LogP contribution < -0.4 is 10.2 Å². The van der Waals surface area contributed by atoms with Gasteiger partial charge in [0.05, 0.1) is 18.3 Å². The molecule has 2 amide bonds. The number of nitrogens with one attached hydrogen (secondary N) is 1. The highest BCUT2D eigenvalue weighted by atomic mass is 32.1. The number of hydrogen-bond acceptors (Lipinski definition) is 5. The van der Waals surface area contributed by atoms with Crippen LogP contribution in [-0.4, -0.2) is 41.3 Å². The van der Waals surface area contributed by atoms with E-state index in [1.807, 2.05) is 46.7 Å². The van der Waals surface area contributed by atoms with Crippen molar-refractivity contribution in [1.29, 1.82) is 0 Å². The first kappa shape index (κ1) is 19.9. The van der Waals surface area contributed by atoms with Gasteiger partial charge in [-0.25, -0.2) is 4.98 Å². The standard InChI is InChI=1S/C24H24N4O2S/c29-22(28-14-12-17-7-4-5-10-20(17)28)15-27-13-6-11-21(27)19-16-31-24(25-19)26-23(30)18-8-2-1-3-9-18/h1-5,7-10,16,21H,6,11-15H2,(H,25,26,30). The van der Waals surface area contributed by atoms with Gasteiger partial charge in [0.25, 0.3) is 5.91 Å². The molecule has 0 saturated carbocycles. The smallest absolute Gasteiger partial charge is 0.257 e. The Morgan fingerprint density at radius 2 is 1.87 bits per heavy atom. The van der Waals surface area contributed by atoms with Crippen LogP contribution in [0.5, 0.6) is 0 Å². The van der Waals surface area contributed by atoms with Crippen molar-refractivity contribution in [2.75, 3.05) is 29.9 Å². The quantitative estimate of drug-likeness (QED) is 0.659. The summed E-state index contributed by atoms with van der Waals surface area (Å²) >= 11 is 1.43. The van der Waals surface area contributed by atoms with Crippen LogP contribution in [0.15, 0.2) is 60.0 Å². The molecule has 2 aromatic carbocycles. The van der Waals surface area contributed by atoms with Crippen LogP contribution in [0.2, 0.25) is 0 Å². The zero-order valence-corrected chi connectivity index (χ0v) is 18.0. The molecular weight excluding hydrogens is 408 g/mol. The van der Waals surface area contributed by atoms with Gasteiger partial charge in [0, 0.05) is 23.2 Å². The molecule has 3 aromatic rings. The van der Waals surface area contributed by atoms with Crippen LogP contribution in [0.25, 0.3) is 0 Å². The summed E-state index contributed by atoms with van der Waals surface area (Å²) in [5.74, 6) is -0.0164. The number of fused-ring (bicyclic) bond motifs is 1. The average Bonchev–Trinajstić information content (AvgIpc) is 3.53. The van der Waals surface area contributed by atoms with Crippen LogP contribution in [0, 0.1) is 0 Å². The lowest BCUT2D eigenvalue weighted by atomic mass is 10.1. The molecule has 1 unspecified atom stereocenters. The van der Waals surface area contributed by atoms with E-state index < -0.39 is 0 Å². The van der Waals surface area contributed by atoms with Crippen LogP contribution in [0.4, 0.5) is 10.8 Å². The van der Waals surface area contributed by atoms with Gasteiger partial charge in [0.15, 0.2) is 5.13 Å². The molecule has 0 bridgehead atoms. The summed E-state index contributed by atoms with van der Waals surface area (Å²) < 4.78 is 0. The summed E-state index contributed by atoms with van der Waals surface area (Å²) in [5.41, 5.74) is 3.83. The summed E-state index contributed by atoms with van der Waals surface area (Å²) in [7, 11) is 0. The molecule has 0 spiro atoms. The fraction of sp³-hybridized carbons (Fsp3) is 0.292. The summed E-state index contributed by atoms with van der Waals surface area (Å²) in [6, 6.07) is 17.4. The Morgan fingerprint density at radius 1 is 1.06 bits per heavy atom. The van der Waals surface area contributed by atoms with E-state index >= 15 is 0 Å². The topological polar surface area (TPSA) is 65.5 Å². The van der Waals surface area contributed by atoms with E-state index in [1.165, 1.54) is 16.9 Å². The van der Waals surface area contributed by atoms with Gasteiger partial charge in [-0.2, -0.15) is 0 Å². The van der Waals surface area contributed by atoms with Crippen molar-refractivity contribution >= 4 is 34.0 Å². The highest BCUT2D eigenvalue weighted by Crippen LogP contribution is 2.34. The minimum absolute atomic E-state index is 0.112. The second-order valence-corrected chi connectivity index (χ2v) is 8.81. The SMILES string of the molecule is O=C(Nc1nc(C2CCCN2CC(=O)N2CCc3ccccc32)cs1)c1ccccc1. The molecule has 1 aromatic heterocycles. The van der Waals surface area contributed by atoms with Gasteiger partial charge in [0.2, 0.25) is 5.91 Å². The molecule has 2 aliphatic rings. The summed E-state index contributed by atoms with van der Waals surface area (Å²) in [6.07, 6.45) is 2.93. The van der Waals surface area contributed by atoms with E-state index in [9.17, 15) is 9.59 Å². The Labute approximate surface area is 185 Å². The maximum absolute atomic E-state index is 13.1. The van der Waals surface area contributed by atoms with E-state index in [0.29, 0.717) is 17.2 Å². The third-order valence-corrected chi connectivity index (χ3v) is 6.79. The van der Waals surface area contributed by atoms with Gasteiger partial charge in [-0.1, -0.05) is 36.4 Å². The van der Waals surface area contributed by atoms with Crippen molar-refractivity contribution in [3.63, 3.8) is 0 Å². The number of likely N-dealkylation sites (tertiary alicyclic amines) is 1. The largest absolute Gasteiger partial charge is 0.311 e. The van der Waals surface area contributed by atoms with E-state index in [4.69, 9.17) is 0 Å². The lowest BCUT2D eigenvalue weighted by molar-refractivity contribution is -0.119. The molecule has 3 heterocycles. The summed E-state index contributed by atoms with van der Waals surface area (Å²) in [5, 5.41) is 5.48. The molecule has 1 fully saturated rings. The highest BCUT2D eigenvalue weighted by molar-refractivity contribution is 7.14. The fourth-order valence-corrected chi connectivity index (χ4v) is 5.21. The number of benzene rings is 2. The van der Waals surface area contributed by atoms with E-state index in [1.54, 1.807) is 12.1 Å². The van der Waals surface area contributed by atoms with E-state index in [2.05, 4.69) is 21.3 Å². The van der Waals surface area contributed by atoms with Crippen molar-refractivity contribution < 1.29 is 9.59 Å². The van der Waals surface area contributed by atoms with Crippen LogP contribution >= 0.6 is 11.3 Å². The number of anilines is 2. The van der Waals surface area contributed by atoms with Crippen molar-refractivity contribution in [2.24, 2.45) is 0 Å². The lowest BCUT2D eigenvalue weighted by Crippen LogP contribution is -2.39. The second kappa shape index (κ2) is 8.61. The Balaban J connectivity index is 1.25. The Bertz CT molecular complexity index is 1100. The minimum atomic E-state index is -0.160. The Hall–Kier alpha value is -3.03. The third-order valence-electron chi connectivity index (χ3n) is 6.01. The van der Waals surface area contributed by atoms with Crippen molar-refractivity contribution in [2.45, 2.75) is 25.3 Å². The van der Waals surface area contributed by atoms with Crippen molar-refractivity contribution in [1.82, 2.24) is 9.88 Å². The van der Waals surface area contributed by atoms with Crippen LogP contribution in [0.3, 0.4) is 0 Å².